The van der Waals surface area contributed by atoms with Crippen LogP contribution in [0.25, 0.3) is 0 Å². The van der Waals surface area contributed by atoms with E-state index in [-0.39, 0.29) is 5.56 Å². The summed E-state index contributed by atoms with van der Waals surface area (Å²) >= 11 is 0. The molecule has 1 rings (SSSR count). The summed E-state index contributed by atoms with van der Waals surface area (Å²) in [6.07, 6.45) is -2.87. The summed E-state index contributed by atoms with van der Waals surface area (Å²) in [5.74, 6) is -1.29. The highest BCUT2D eigenvalue weighted by Crippen LogP contribution is 2.35. The number of halogens is 2. The van der Waals surface area contributed by atoms with E-state index in [0.29, 0.717) is 6.20 Å². The number of hydrogen-bond donors (Lipinski definition) is 0. The van der Waals surface area contributed by atoms with Crippen LogP contribution in [0.4, 0.5) is 14.5 Å². The summed E-state index contributed by atoms with van der Waals surface area (Å²) < 4.78 is 34.5. The van der Waals surface area contributed by atoms with Crippen molar-refractivity contribution in [1.29, 1.82) is 0 Å². The largest absolute Gasteiger partial charge is 0.494 e. The first-order valence-electron chi connectivity index (χ1n) is 4.97. The van der Waals surface area contributed by atoms with Crippen LogP contribution in [-0.2, 0) is 16.0 Å². The van der Waals surface area contributed by atoms with Gasteiger partial charge in [-0.25, -0.2) is 13.8 Å². The molecule has 0 bridgehead atoms. The van der Waals surface area contributed by atoms with Crippen molar-refractivity contribution in [2.24, 2.45) is 0 Å². The van der Waals surface area contributed by atoms with Gasteiger partial charge in [0, 0.05) is 0 Å². The fourth-order valence-corrected chi connectivity index (χ4v) is 1.47. The number of aromatic nitrogens is 1. The number of hydrogen-bond acceptors (Lipinski definition) is 6. The van der Waals surface area contributed by atoms with Crippen molar-refractivity contribution in [3.63, 3.8) is 0 Å². The molecule has 0 aromatic carbocycles. The van der Waals surface area contributed by atoms with E-state index in [2.05, 4.69) is 9.72 Å². The summed E-state index contributed by atoms with van der Waals surface area (Å²) in [5, 5.41) is 10.8. The number of rotatable bonds is 5. The van der Waals surface area contributed by atoms with Crippen molar-refractivity contribution in [2.45, 2.75) is 12.8 Å². The smallest absolute Gasteiger partial charge is 0.310 e. The van der Waals surface area contributed by atoms with Gasteiger partial charge in [-0.05, 0) is 0 Å². The highest BCUT2D eigenvalue weighted by atomic mass is 19.3. The molecule has 1 aromatic rings. The monoisotopic (exact) mass is 276 g/mol. The second-order valence-electron chi connectivity index (χ2n) is 3.35. The fraction of sp³-hybridized carbons (Fsp3) is 0.400. The van der Waals surface area contributed by atoms with Crippen LogP contribution in [-0.4, -0.2) is 30.1 Å². The van der Waals surface area contributed by atoms with Gasteiger partial charge in [0.05, 0.1) is 31.1 Å². The minimum Gasteiger partial charge on any atom is -0.494 e. The Labute approximate surface area is 106 Å². The minimum atomic E-state index is -2.98. The molecule has 0 unspecified atom stereocenters. The van der Waals surface area contributed by atoms with E-state index in [1.165, 1.54) is 0 Å². The number of nitro groups is 1. The van der Waals surface area contributed by atoms with Crippen molar-refractivity contribution in [1.82, 2.24) is 4.98 Å². The lowest BCUT2D eigenvalue weighted by molar-refractivity contribution is -0.385. The van der Waals surface area contributed by atoms with Gasteiger partial charge in [0.2, 0.25) is 0 Å². The van der Waals surface area contributed by atoms with Crippen molar-refractivity contribution >= 4 is 11.7 Å². The second-order valence-corrected chi connectivity index (χ2v) is 3.35. The Morgan fingerprint density at radius 1 is 1.53 bits per heavy atom. The molecule has 0 amide bonds. The van der Waals surface area contributed by atoms with E-state index in [1.807, 2.05) is 0 Å². The van der Waals surface area contributed by atoms with Gasteiger partial charge in [-0.15, -0.1) is 0 Å². The third-order valence-electron chi connectivity index (χ3n) is 2.30. The maximum atomic E-state index is 12.7. The van der Waals surface area contributed by atoms with Crippen LogP contribution in [0.2, 0.25) is 0 Å². The quantitative estimate of drug-likeness (QED) is 0.461. The molecular formula is C10H10F2N2O5. The van der Waals surface area contributed by atoms with Gasteiger partial charge in [0.15, 0.2) is 5.75 Å². The zero-order chi connectivity index (χ0) is 14.6. The summed E-state index contributed by atoms with van der Waals surface area (Å²) in [6.45, 7) is 0. The number of pyridine rings is 1. The number of methoxy groups -OCH3 is 2. The Balaban J connectivity index is 3.45. The first-order valence-corrected chi connectivity index (χ1v) is 4.97. The second kappa shape index (κ2) is 6.03. The molecule has 0 aliphatic heterocycles. The summed E-state index contributed by atoms with van der Waals surface area (Å²) in [5.41, 5.74) is -1.62. The highest BCUT2D eigenvalue weighted by molar-refractivity contribution is 5.75. The molecule has 104 valence electrons. The lowest BCUT2D eigenvalue weighted by atomic mass is 10.1. The Morgan fingerprint density at radius 2 is 2.16 bits per heavy atom. The molecule has 0 radical (unpaired) electrons. The molecule has 0 aliphatic carbocycles. The van der Waals surface area contributed by atoms with Gasteiger partial charge in [0.1, 0.15) is 11.9 Å². The predicted octanol–water partition coefficient (Wildman–Crippen LogP) is 1.65. The molecule has 0 N–H and O–H groups in total. The molecule has 0 spiro atoms. The topological polar surface area (TPSA) is 91.6 Å². The van der Waals surface area contributed by atoms with Crippen LogP contribution in [0, 0.1) is 10.1 Å². The zero-order valence-corrected chi connectivity index (χ0v) is 10.1. The lowest BCUT2D eigenvalue weighted by Gasteiger charge is -2.11. The van der Waals surface area contributed by atoms with Gasteiger partial charge in [-0.2, -0.15) is 0 Å². The van der Waals surface area contributed by atoms with Crippen molar-refractivity contribution < 1.29 is 28.0 Å². The number of nitrogens with zero attached hydrogens (tertiary/aromatic N) is 2. The molecular weight excluding hydrogens is 266 g/mol. The van der Waals surface area contributed by atoms with E-state index < -0.39 is 40.9 Å². The van der Waals surface area contributed by atoms with E-state index in [4.69, 9.17) is 4.74 Å². The third kappa shape index (κ3) is 3.12. The van der Waals surface area contributed by atoms with Crippen LogP contribution >= 0.6 is 0 Å². The molecule has 0 aliphatic rings. The standard InChI is InChI=1S/C10H10F2N2O5/c1-18-7(15)3-5-6(14(16)17)4-13-8(10(11)12)9(5)19-2/h4,10H,3H2,1-2H3. The van der Waals surface area contributed by atoms with Gasteiger partial charge in [-0.1, -0.05) is 0 Å². The van der Waals surface area contributed by atoms with Gasteiger partial charge in [-0.3, -0.25) is 14.9 Å². The van der Waals surface area contributed by atoms with E-state index in [9.17, 15) is 23.7 Å². The summed E-state index contributed by atoms with van der Waals surface area (Å²) in [7, 11) is 2.14. The van der Waals surface area contributed by atoms with Gasteiger partial charge < -0.3 is 9.47 Å². The van der Waals surface area contributed by atoms with Crippen LogP contribution in [0.1, 0.15) is 17.7 Å². The van der Waals surface area contributed by atoms with E-state index in [0.717, 1.165) is 14.2 Å². The number of alkyl halides is 2. The first-order chi connectivity index (χ1) is 8.92. The zero-order valence-electron chi connectivity index (χ0n) is 10.1. The molecule has 0 saturated carbocycles. The van der Waals surface area contributed by atoms with Crippen LogP contribution in [0.3, 0.4) is 0 Å². The number of carbonyl (C=O) groups excluding carboxylic acids is 1. The van der Waals surface area contributed by atoms with E-state index in [1.54, 1.807) is 0 Å². The van der Waals surface area contributed by atoms with Gasteiger partial charge in [0.25, 0.3) is 12.1 Å². The Hall–Kier alpha value is -2.32. The van der Waals surface area contributed by atoms with Gasteiger partial charge >= 0.3 is 5.97 Å². The molecule has 0 saturated heterocycles. The van der Waals surface area contributed by atoms with Crippen LogP contribution < -0.4 is 4.74 Å². The highest BCUT2D eigenvalue weighted by Gasteiger charge is 2.28. The number of ether oxygens (including phenoxy) is 2. The molecule has 1 aromatic heterocycles. The maximum Gasteiger partial charge on any atom is 0.310 e. The summed E-state index contributed by atoms with van der Waals surface area (Å²) in [4.78, 5) is 24.5. The number of carbonyl (C=O) groups is 1. The first kappa shape index (κ1) is 14.7. The normalized spacial score (nSPS) is 10.4. The SMILES string of the molecule is COC(=O)Cc1c([N+](=O)[O-])cnc(C(F)F)c1OC. The average Bonchev–Trinajstić information content (AvgIpc) is 2.37. The predicted molar refractivity (Wildman–Crippen MR) is 58.1 cm³/mol. The van der Waals surface area contributed by atoms with Crippen LogP contribution in [0.5, 0.6) is 5.75 Å². The molecule has 0 fully saturated rings. The Kier molecular flexibility index (Phi) is 4.67. The van der Waals surface area contributed by atoms with Crippen molar-refractivity contribution in [3.8, 4) is 5.75 Å². The van der Waals surface area contributed by atoms with Crippen LogP contribution in [0.15, 0.2) is 6.20 Å². The Bertz CT molecular complexity index is 507. The number of esters is 1. The average molecular weight is 276 g/mol. The molecule has 19 heavy (non-hydrogen) atoms. The van der Waals surface area contributed by atoms with E-state index >= 15 is 0 Å². The molecule has 9 heteroatoms. The van der Waals surface area contributed by atoms with Crippen molar-refractivity contribution in [2.75, 3.05) is 14.2 Å². The maximum absolute atomic E-state index is 12.7. The fourth-order valence-electron chi connectivity index (χ4n) is 1.47. The van der Waals surface area contributed by atoms with Crippen molar-refractivity contribution in [3.05, 3.63) is 27.6 Å². The Morgan fingerprint density at radius 3 is 2.58 bits per heavy atom. The third-order valence-corrected chi connectivity index (χ3v) is 2.30. The molecule has 1 heterocycles. The molecule has 7 nitrogen and oxygen atoms in total. The summed E-state index contributed by atoms with van der Waals surface area (Å²) in [6, 6.07) is 0. The lowest BCUT2D eigenvalue weighted by Crippen LogP contribution is -2.11. The minimum absolute atomic E-state index is 0.287. The molecule has 0 atom stereocenters.